The minimum absolute atomic E-state index is 0.120. The van der Waals surface area contributed by atoms with Crippen LogP contribution in [0, 0.1) is 6.92 Å². The van der Waals surface area contributed by atoms with Crippen molar-refractivity contribution < 1.29 is 9.36 Å². The zero-order chi connectivity index (χ0) is 17.3. The van der Waals surface area contributed by atoms with Crippen LogP contribution in [0.4, 0.5) is 0 Å². The van der Waals surface area contributed by atoms with Gasteiger partial charge in [0.25, 0.3) is 11.7 Å². The van der Waals surface area contributed by atoms with Crippen molar-refractivity contribution in [2.75, 3.05) is 7.05 Å². The molecule has 0 saturated carbocycles. The van der Waals surface area contributed by atoms with E-state index < -0.39 is 0 Å². The Hall–Kier alpha value is -2.62. The van der Waals surface area contributed by atoms with Gasteiger partial charge in [0, 0.05) is 20.0 Å². The highest BCUT2D eigenvalue weighted by molar-refractivity contribution is 5.78. The molecule has 0 unspecified atom stereocenters. The number of rotatable bonds is 4. The lowest BCUT2D eigenvalue weighted by atomic mass is 10.3. The second-order valence-electron chi connectivity index (χ2n) is 6.39. The van der Waals surface area contributed by atoms with E-state index in [-0.39, 0.29) is 11.9 Å². The van der Waals surface area contributed by atoms with Gasteiger partial charge in [-0.3, -0.25) is 4.79 Å². The van der Waals surface area contributed by atoms with Gasteiger partial charge in [-0.25, -0.2) is 4.57 Å². The van der Waals surface area contributed by atoms with Gasteiger partial charge >= 0.3 is 0 Å². The van der Waals surface area contributed by atoms with Crippen LogP contribution in [0.5, 0.6) is 0 Å². The quantitative estimate of drug-likeness (QED) is 0.679. The van der Waals surface area contributed by atoms with E-state index in [9.17, 15) is 4.79 Å². The number of fused-ring (bicyclic) bond motifs is 1. The van der Waals surface area contributed by atoms with Gasteiger partial charge in [-0.1, -0.05) is 30.3 Å². The van der Waals surface area contributed by atoms with Crippen molar-refractivity contribution in [2.45, 2.75) is 33.4 Å². The highest BCUT2D eigenvalue weighted by Crippen LogP contribution is 2.19. The summed E-state index contributed by atoms with van der Waals surface area (Å²) in [5, 5.41) is 0. The normalized spacial score (nSPS) is 11.2. The number of para-hydroxylation sites is 3. The molecule has 0 radical (unpaired) electrons. The molecule has 0 bridgehead atoms. The van der Waals surface area contributed by atoms with Gasteiger partial charge in [-0.15, -0.1) is 0 Å². The van der Waals surface area contributed by atoms with Crippen LogP contribution in [-0.2, 0) is 11.3 Å². The molecular weight excluding hydrogens is 298 g/mol. The summed E-state index contributed by atoms with van der Waals surface area (Å²) in [7, 11) is 1.86. The summed E-state index contributed by atoms with van der Waals surface area (Å²) in [6, 6.07) is 18.7. The summed E-state index contributed by atoms with van der Waals surface area (Å²) in [6.07, 6.45) is 0. The first-order valence-corrected chi connectivity index (χ1v) is 8.31. The van der Waals surface area contributed by atoms with E-state index in [1.165, 1.54) is 0 Å². The molecule has 0 spiro atoms. The average Bonchev–Trinajstić information content (AvgIpc) is 2.87. The predicted molar refractivity (Wildman–Crippen MR) is 96.1 cm³/mol. The van der Waals surface area contributed by atoms with Gasteiger partial charge in [-0.2, -0.15) is 4.57 Å². The van der Waals surface area contributed by atoms with E-state index in [4.69, 9.17) is 0 Å². The first-order chi connectivity index (χ1) is 11.5. The number of carbonyl (C=O) groups excluding carboxylic acids is 1. The summed E-state index contributed by atoms with van der Waals surface area (Å²) < 4.78 is 4.31. The SMILES string of the molecule is Cc1n(-c2ccccc2)c2ccccc2[n+]1CC(=O)N(C)C(C)C. The predicted octanol–water partition coefficient (Wildman–Crippen LogP) is 3.09. The first-order valence-electron chi connectivity index (χ1n) is 8.31. The van der Waals surface area contributed by atoms with E-state index in [2.05, 4.69) is 40.3 Å². The number of likely N-dealkylation sites (N-methyl/N-ethyl adjacent to an activating group) is 1. The van der Waals surface area contributed by atoms with Crippen LogP contribution in [0.2, 0.25) is 0 Å². The number of nitrogens with zero attached hydrogens (tertiary/aromatic N) is 3. The second kappa shape index (κ2) is 6.48. The molecule has 3 rings (SSSR count). The van der Waals surface area contributed by atoms with E-state index in [1.54, 1.807) is 4.90 Å². The molecule has 0 saturated heterocycles. The summed E-state index contributed by atoms with van der Waals surface area (Å²) >= 11 is 0. The fourth-order valence-electron chi connectivity index (χ4n) is 2.99. The lowest BCUT2D eigenvalue weighted by Crippen LogP contribution is -2.46. The molecule has 1 aromatic heterocycles. The Morgan fingerprint density at radius 2 is 1.71 bits per heavy atom. The molecular formula is C20H24N3O+. The maximum absolute atomic E-state index is 12.6. The summed E-state index contributed by atoms with van der Waals surface area (Å²) in [5.74, 6) is 1.17. The van der Waals surface area contributed by atoms with Gasteiger partial charge in [-0.05, 0) is 38.1 Å². The monoisotopic (exact) mass is 322 g/mol. The molecule has 4 heteroatoms. The lowest BCUT2D eigenvalue weighted by molar-refractivity contribution is -0.666. The standard InChI is InChI=1S/C20H24N3O/c1-15(2)21(4)20(24)14-22-16(3)23(17-10-6-5-7-11-17)19-13-9-8-12-18(19)22/h5-13,15H,14H2,1-4H3/q+1. The van der Waals surface area contributed by atoms with Gasteiger partial charge in [0.1, 0.15) is 5.69 Å². The number of benzene rings is 2. The van der Waals surface area contributed by atoms with Crippen LogP contribution < -0.4 is 4.57 Å². The smallest absolute Gasteiger partial charge is 0.264 e. The van der Waals surface area contributed by atoms with Crippen molar-refractivity contribution in [3.8, 4) is 5.69 Å². The Morgan fingerprint density at radius 1 is 1.08 bits per heavy atom. The van der Waals surface area contributed by atoms with Crippen LogP contribution in [-0.4, -0.2) is 28.5 Å². The molecule has 24 heavy (non-hydrogen) atoms. The fourth-order valence-corrected chi connectivity index (χ4v) is 2.99. The summed E-state index contributed by atoms with van der Waals surface area (Å²) in [6.45, 7) is 6.47. The number of imidazole rings is 1. The molecule has 4 nitrogen and oxygen atoms in total. The van der Waals surface area contributed by atoms with Crippen molar-refractivity contribution in [3.63, 3.8) is 0 Å². The molecule has 0 atom stereocenters. The maximum atomic E-state index is 12.6. The molecule has 124 valence electrons. The van der Waals surface area contributed by atoms with E-state index in [1.807, 2.05) is 51.2 Å². The molecule has 0 N–H and O–H groups in total. The second-order valence-corrected chi connectivity index (χ2v) is 6.39. The van der Waals surface area contributed by atoms with E-state index in [0.29, 0.717) is 6.54 Å². The molecule has 0 aliphatic rings. The topological polar surface area (TPSA) is 29.1 Å². The third kappa shape index (κ3) is 2.80. The van der Waals surface area contributed by atoms with Crippen molar-refractivity contribution in [2.24, 2.45) is 0 Å². The van der Waals surface area contributed by atoms with Gasteiger partial charge in [0.15, 0.2) is 17.6 Å². The molecule has 2 aromatic carbocycles. The van der Waals surface area contributed by atoms with Crippen LogP contribution in [0.25, 0.3) is 16.7 Å². The third-order valence-electron chi connectivity index (χ3n) is 4.60. The lowest BCUT2D eigenvalue weighted by Gasteiger charge is -2.20. The Morgan fingerprint density at radius 3 is 2.38 bits per heavy atom. The maximum Gasteiger partial charge on any atom is 0.264 e. The Bertz CT molecular complexity index is 865. The fraction of sp³-hybridized carbons (Fsp3) is 0.300. The summed E-state index contributed by atoms with van der Waals surface area (Å²) in [5.41, 5.74) is 3.29. The number of carbonyl (C=O) groups is 1. The molecule has 0 fully saturated rings. The van der Waals surface area contributed by atoms with Crippen LogP contribution in [0.3, 0.4) is 0 Å². The van der Waals surface area contributed by atoms with Crippen LogP contribution in [0.15, 0.2) is 54.6 Å². The third-order valence-corrected chi connectivity index (χ3v) is 4.60. The van der Waals surface area contributed by atoms with Crippen molar-refractivity contribution >= 4 is 16.9 Å². The molecule has 0 aliphatic heterocycles. The summed E-state index contributed by atoms with van der Waals surface area (Å²) in [4.78, 5) is 14.4. The highest BCUT2D eigenvalue weighted by atomic mass is 16.2. The Labute approximate surface area is 142 Å². The number of amides is 1. The number of hydrogen-bond acceptors (Lipinski definition) is 1. The Kier molecular flexibility index (Phi) is 4.38. The van der Waals surface area contributed by atoms with Crippen LogP contribution >= 0.6 is 0 Å². The Balaban J connectivity index is 2.13. The number of aromatic nitrogens is 2. The van der Waals surface area contributed by atoms with Crippen molar-refractivity contribution in [1.82, 2.24) is 9.47 Å². The van der Waals surface area contributed by atoms with Gasteiger partial charge < -0.3 is 4.90 Å². The van der Waals surface area contributed by atoms with E-state index >= 15 is 0 Å². The largest absolute Gasteiger partial charge is 0.340 e. The average molecular weight is 322 g/mol. The zero-order valence-electron chi connectivity index (χ0n) is 14.7. The zero-order valence-corrected chi connectivity index (χ0v) is 14.7. The van der Waals surface area contributed by atoms with Crippen LogP contribution in [0.1, 0.15) is 19.7 Å². The minimum Gasteiger partial charge on any atom is -0.340 e. The number of hydrogen-bond donors (Lipinski definition) is 0. The van der Waals surface area contributed by atoms with Crippen molar-refractivity contribution in [1.29, 1.82) is 0 Å². The molecule has 1 amide bonds. The van der Waals surface area contributed by atoms with E-state index in [0.717, 1.165) is 22.5 Å². The van der Waals surface area contributed by atoms with Crippen molar-refractivity contribution in [3.05, 3.63) is 60.4 Å². The molecule has 1 heterocycles. The molecule has 3 aromatic rings. The van der Waals surface area contributed by atoms with Gasteiger partial charge in [0.05, 0.1) is 0 Å². The van der Waals surface area contributed by atoms with Gasteiger partial charge in [0.2, 0.25) is 0 Å². The molecule has 0 aliphatic carbocycles. The highest BCUT2D eigenvalue weighted by Gasteiger charge is 2.25. The minimum atomic E-state index is 0.120. The first kappa shape index (κ1) is 16.2.